The van der Waals surface area contributed by atoms with E-state index in [1.807, 2.05) is 24.9 Å². The van der Waals surface area contributed by atoms with Crippen LogP contribution >= 0.6 is 23.1 Å². The van der Waals surface area contributed by atoms with Crippen LogP contribution in [0, 0.1) is 6.92 Å². The highest BCUT2D eigenvalue weighted by Crippen LogP contribution is 2.39. The third-order valence-electron chi connectivity index (χ3n) is 3.88. The van der Waals surface area contributed by atoms with E-state index in [1.54, 1.807) is 17.8 Å². The van der Waals surface area contributed by atoms with Crippen molar-refractivity contribution in [1.82, 2.24) is 9.78 Å². The average molecular weight is 380 g/mol. The molecule has 3 rings (SSSR count). The Hall–Kier alpha value is -1.80. The van der Waals surface area contributed by atoms with Crippen LogP contribution in [-0.2, 0) is 28.2 Å². The van der Waals surface area contributed by atoms with Crippen molar-refractivity contribution in [1.29, 1.82) is 0 Å². The largest absolute Gasteiger partial charge is 0.462 e. The zero-order valence-corrected chi connectivity index (χ0v) is 16.0. The molecule has 0 radical (unpaired) electrons. The topological polar surface area (TPSA) is 73.2 Å². The number of fused-ring (bicyclic) bond motifs is 1. The van der Waals surface area contributed by atoms with Gasteiger partial charge in [-0.25, -0.2) is 4.79 Å². The van der Waals surface area contributed by atoms with Crippen LogP contribution in [0.4, 0.5) is 5.00 Å². The molecule has 0 aliphatic carbocycles. The number of ether oxygens (including phenoxy) is 1. The number of aryl methyl sites for hydroxylation is 2. The second-order valence-corrected chi connectivity index (χ2v) is 8.02. The number of amides is 1. The van der Waals surface area contributed by atoms with E-state index >= 15 is 0 Å². The van der Waals surface area contributed by atoms with E-state index in [1.165, 1.54) is 11.3 Å². The van der Waals surface area contributed by atoms with Crippen LogP contribution in [0.5, 0.6) is 0 Å². The number of hydrogen-bond acceptors (Lipinski definition) is 6. The Balaban J connectivity index is 1.73. The van der Waals surface area contributed by atoms with Crippen molar-refractivity contribution < 1.29 is 14.3 Å². The zero-order valence-electron chi connectivity index (χ0n) is 14.3. The number of esters is 1. The molecule has 2 aromatic heterocycles. The van der Waals surface area contributed by atoms with Crippen LogP contribution in [0.2, 0.25) is 0 Å². The van der Waals surface area contributed by atoms with E-state index < -0.39 is 0 Å². The van der Waals surface area contributed by atoms with Crippen molar-refractivity contribution >= 4 is 40.0 Å². The summed E-state index contributed by atoms with van der Waals surface area (Å²) in [6.07, 6.45) is 4.81. The SMILES string of the molecule is CCOC(=O)c1c(NC(=O)CCn2cc(C)cn2)sc2c1CCSC2. The van der Waals surface area contributed by atoms with Gasteiger partial charge in [-0.3, -0.25) is 9.48 Å². The second-order valence-electron chi connectivity index (χ2n) is 5.81. The van der Waals surface area contributed by atoms with Crippen LogP contribution in [0.3, 0.4) is 0 Å². The number of nitrogens with one attached hydrogen (secondary N) is 1. The van der Waals surface area contributed by atoms with Gasteiger partial charge in [-0.05, 0) is 37.1 Å². The predicted octanol–water partition coefficient (Wildman–Crippen LogP) is 3.25. The monoisotopic (exact) mass is 379 g/mol. The van der Waals surface area contributed by atoms with E-state index in [4.69, 9.17) is 4.74 Å². The van der Waals surface area contributed by atoms with Gasteiger partial charge in [0.25, 0.3) is 0 Å². The van der Waals surface area contributed by atoms with Crippen LogP contribution < -0.4 is 5.32 Å². The lowest BCUT2D eigenvalue weighted by Gasteiger charge is -2.12. The smallest absolute Gasteiger partial charge is 0.341 e. The Labute approximate surface area is 154 Å². The maximum absolute atomic E-state index is 12.4. The lowest BCUT2D eigenvalue weighted by molar-refractivity contribution is -0.116. The van der Waals surface area contributed by atoms with Crippen molar-refractivity contribution in [2.45, 2.75) is 39.0 Å². The summed E-state index contributed by atoms with van der Waals surface area (Å²) in [5, 5.41) is 7.71. The molecule has 6 nitrogen and oxygen atoms in total. The van der Waals surface area contributed by atoms with Crippen molar-refractivity contribution in [3.63, 3.8) is 0 Å². The number of anilines is 1. The molecule has 0 saturated heterocycles. The van der Waals surface area contributed by atoms with E-state index in [9.17, 15) is 9.59 Å². The number of rotatable bonds is 6. The Kier molecular flexibility index (Phi) is 5.80. The Bertz CT molecular complexity index is 782. The molecular weight excluding hydrogens is 358 g/mol. The maximum atomic E-state index is 12.4. The fourth-order valence-corrected chi connectivity index (χ4v) is 5.12. The van der Waals surface area contributed by atoms with E-state index in [2.05, 4.69) is 10.4 Å². The fourth-order valence-electron chi connectivity index (χ4n) is 2.73. The first-order valence-corrected chi connectivity index (χ1v) is 10.2. The van der Waals surface area contributed by atoms with E-state index in [0.717, 1.165) is 33.9 Å². The second kappa shape index (κ2) is 8.05. The molecule has 0 aromatic carbocycles. The summed E-state index contributed by atoms with van der Waals surface area (Å²) in [5.74, 6) is 1.41. The van der Waals surface area contributed by atoms with Gasteiger partial charge in [-0.2, -0.15) is 16.9 Å². The van der Waals surface area contributed by atoms with Gasteiger partial charge in [-0.1, -0.05) is 0 Å². The first-order chi connectivity index (χ1) is 12.1. The average Bonchev–Trinajstić information content (AvgIpc) is 3.16. The minimum Gasteiger partial charge on any atom is -0.462 e. The van der Waals surface area contributed by atoms with Gasteiger partial charge >= 0.3 is 5.97 Å². The first kappa shape index (κ1) is 18.0. The summed E-state index contributed by atoms with van der Waals surface area (Å²) in [7, 11) is 0. The van der Waals surface area contributed by atoms with Crippen molar-refractivity contribution in [2.75, 3.05) is 17.7 Å². The van der Waals surface area contributed by atoms with Crippen LogP contribution in [-0.4, -0.2) is 34.0 Å². The molecule has 3 heterocycles. The highest BCUT2D eigenvalue weighted by Gasteiger charge is 2.27. The molecule has 134 valence electrons. The summed E-state index contributed by atoms with van der Waals surface area (Å²) in [5.41, 5.74) is 2.65. The third-order valence-corrected chi connectivity index (χ3v) is 6.20. The van der Waals surface area contributed by atoms with Crippen LogP contribution in [0.15, 0.2) is 12.4 Å². The minimum atomic E-state index is -0.343. The number of hydrogen-bond donors (Lipinski definition) is 1. The summed E-state index contributed by atoms with van der Waals surface area (Å²) >= 11 is 3.34. The molecule has 1 aliphatic heterocycles. The van der Waals surface area contributed by atoms with E-state index in [0.29, 0.717) is 30.1 Å². The number of nitrogens with zero attached hydrogens (tertiary/aromatic N) is 2. The quantitative estimate of drug-likeness (QED) is 0.780. The van der Waals surface area contributed by atoms with Gasteiger partial charge in [-0.15, -0.1) is 11.3 Å². The molecule has 1 amide bonds. The molecule has 8 heteroatoms. The lowest BCUT2D eigenvalue weighted by atomic mass is 10.1. The number of carbonyl (C=O) groups excluding carboxylic acids is 2. The summed E-state index contributed by atoms with van der Waals surface area (Å²) in [6, 6.07) is 0. The Morgan fingerprint density at radius 2 is 2.28 bits per heavy atom. The summed E-state index contributed by atoms with van der Waals surface area (Å²) < 4.78 is 6.95. The van der Waals surface area contributed by atoms with Gasteiger partial charge in [0.2, 0.25) is 5.91 Å². The highest BCUT2D eigenvalue weighted by molar-refractivity contribution is 7.98. The molecule has 1 N–H and O–H groups in total. The summed E-state index contributed by atoms with van der Waals surface area (Å²) in [4.78, 5) is 25.9. The van der Waals surface area contributed by atoms with Crippen molar-refractivity contribution in [3.8, 4) is 0 Å². The molecular formula is C17H21N3O3S2. The van der Waals surface area contributed by atoms with Crippen molar-refractivity contribution in [3.05, 3.63) is 34.0 Å². The Morgan fingerprint density at radius 1 is 1.44 bits per heavy atom. The van der Waals surface area contributed by atoms with Crippen molar-refractivity contribution in [2.24, 2.45) is 0 Å². The number of thiophene rings is 1. The standard InChI is InChI=1S/C17H21N3O3S2/c1-3-23-17(22)15-12-5-7-24-10-13(12)25-16(15)19-14(21)4-6-20-9-11(2)8-18-20/h8-9H,3-7,10H2,1-2H3,(H,19,21). The van der Waals surface area contributed by atoms with Crippen LogP contribution in [0.1, 0.15) is 39.7 Å². The van der Waals surface area contributed by atoms with Crippen LogP contribution in [0.25, 0.3) is 0 Å². The number of aromatic nitrogens is 2. The molecule has 0 bridgehead atoms. The molecule has 0 atom stereocenters. The van der Waals surface area contributed by atoms with Gasteiger partial charge in [0.15, 0.2) is 0 Å². The predicted molar refractivity (Wildman–Crippen MR) is 100 cm³/mol. The fraction of sp³-hybridized carbons (Fsp3) is 0.471. The summed E-state index contributed by atoms with van der Waals surface area (Å²) in [6.45, 7) is 4.58. The zero-order chi connectivity index (χ0) is 17.8. The van der Waals surface area contributed by atoms with Gasteiger partial charge in [0, 0.05) is 29.8 Å². The molecule has 0 spiro atoms. The van der Waals surface area contributed by atoms with E-state index in [-0.39, 0.29) is 11.9 Å². The third kappa shape index (κ3) is 4.24. The normalized spacial score (nSPS) is 13.4. The lowest BCUT2D eigenvalue weighted by Crippen LogP contribution is -2.17. The number of carbonyl (C=O) groups is 2. The van der Waals surface area contributed by atoms with Gasteiger partial charge < -0.3 is 10.1 Å². The number of thioether (sulfide) groups is 1. The molecule has 1 aliphatic rings. The molecule has 0 fully saturated rings. The Morgan fingerprint density at radius 3 is 3.00 bits per heavy atom. The first-order valence-electron chi connectivity index (χ1n) is 8.26. The van der Waals surface area contributed by atoms with Gasteiger partial charge in [0.05, 0.1) is 18.4 Å². The van der Waals surface area contributed by atoms with Gasteiger partial charge in [0.1, 0.15) is 5.00 Å². The maximum Gasteiger partial charge on any atom is 0.341 e. The highest BCUT2D eigenvalue weighted by atomic mass is 32.2. The molecule has 2 aromatic rings. The molecule has 0 saturated carbocycles. The molecule has 25 heavy (non-hydrogen) atoms. The molecule has 0 unspecified atom stereocenters. The minimum absolute atomic E-state index is 0.120.